The summed E-state index contributed by atoms with van der Waals surface area (Å²) in [6, 6.07) is 2.90. The molecule has 2 aromatic heterocycles. The predicted molar refractivity (Wildman–Crippen MR) is 89.1 cm³/mol. The van der Waals surface area contributed by atoms with Crippen molar-refractivity contribution in [2.24, 2.45) is 11.7 Å². The monoisotopic (exact) mass is 387 g/mol. The number of piperidine rings is 1. The number of alkyl halides is 3. The highest BCUT2D eigenvalue weighted by atomic mass is 35.5. The molecule has 140 valence electrons. The molecule has 26 heavy (non-hydrogen) atoms. The first-order chi connectivity index (χ1) is 12.3. The summed E-state index contributed by atoms with van der Waals surface area (Å²) >= 11 is 5.95. The highest BCUT2D eigenvalue weighted by Gasteiger charge is 2.42. The molecule has 0 aliphatic carbocycles. The fourth-order valence-electron chi connectivity index (χ4n) is 3.01. The first-order valence-corrected chi connectivity index (χ1v) is 8.46. The fraction of sp³-hybridized carbons (Fsp3) is 0.438. The minimum Gasteiger partial charge on any atom is -0.339 e. The number of hydrogen-bond donors (Lipinski definition) is 1. The number of amides is 1. The van der Waals surface area contributed by atoms with Crippen LogP contribution in [0.25, 0.3) is 5.82 Å². The third kappa shape index (κ3) is 3.54. The maximum Gasteiger partial charge on any atom is 0.434 e. The molecular weight excluding hydrogens is 371 g/mol. The average Bonchev–Trinajstić information content (AvgIpc) is 3.07. The van der Waals surface area contributed by atoms with E-state index in [1.165, 1.54) is 23.2 Å². The number of likely N-dealkylation sites (tertiary alicyclic amines) is 1. The average molecular weight is 388 g/mol. The normalized spacial score (nSPS) is 16.1. The lowest BCUT2D eigenvalue weighted by Gasteiger charge is -2.31. The number of halogens is 4. The molecule has 2 N–H and O–H groups in total. The zero-order valence-electron chi connectivity index (χ0n) is 13.7. The van der Waals surface area contributed by atoms with Gasteiger partial charge in [-0.1, -0.05) is 11.6 Å². The number of rotatable bonds is 3. The number of carbonyl (C=O) groups is 1. The Morgan fingerprint density at radius 1 is 1.35 bits per heavy atom. The van der Waals surface area contributed by atoms with Crippen LogP contribution in [0.2, 0.25) is 5.02 Å². The van der Waals surface area contributed by atoms with Crippen molar-refractivity contribution in [3.63, 3.8) is 0 Å². The third-order valence-electron chi connectivity index (χ3n) is 4.44. The first kappa shape index (κ1) is 18.7. The Morgan fingerprint density at radius 2 is 2.04 bits per heavy atom. The molecule has 0 bridgehead atoms. The highest BCUT2D eigenvalue weighted by Crippen LogP contribution is 2.35. The van der Waals surface area contributed by atoms with E-state index in [2.05, 4.69) is 10.1 Å². The van der Waals surface area contributed by atoms with Crippen molar-refractivity contribution in [2.75, 3.05) is 19.6 Å². The number of hydrogen-bond acceptors (Lipinski definition) is 4. The van der Waals surface area contributed by atoms with Crippen LogP contribution in [0, 0.1) is 5.92 Å². The lowest BCUT2D eigenvalue weighted by Crippen LogP contribution is -2.40. The summed E-state index contributed by atoms with van der Waals surface area (Å²) in [5.74, 6) is -0.593. The predicted octanol–water partition coefficient (Wildman–Crippen LogP) is 2.75. The molecule has 0 spiro atoms. The molecule has 0 atom stereocenters. The molecule has 0 radical (unpaired) electrons. The van der Waals surface area contributed by atoms with Crippen molar-refractivity contribution in [1.29, 1.82) is 0 Å². The molecular formula is C16H17ClF3N5O. The summed E-state index contributed by atoms with van der Waals surface area (Å²) < 4.78 is 41.6. The molecule has 3 heterocycles. The van der Waals surface area contributed by atoms with Crippen molar-refractivity contribution in [3.8, 4) is 5.82 Å². The zero-order chi connectivity index (χ0) is 18.9. The van der Waals surface area contributed by atoms with Crippen LogP contribution in [0.4, 0.5) is 13.2 Å². The van der Waals surface area contributed by atoms with E-state index in [0.717, 1.165) is 6.20 Å². The van der Waals surface area contributed by atoms with E-state index >= 15 is 0 Å². The maximum atomic E-state index is 13.7. The van der Waals surface area contributed by atoms with Crippen LogP contribution in [0.15, 0.2) is 24.5 Å². The van der Waals surface area contributed by atoms with Gasteiger partial charge in [0.05, 0.1) is 16.8 Å². The van der Waals surface area contributed by atoms with Crippen LogP contribution >= 0.6 is 11.6 Å². The smallest absolute Gasteiger partial charge is 0.339 e. The van der Waals surface area contributed by atoms with Gasteiger partial charge in [0, 0.05) is 19.3 Å². The van der Waals surface area contributed by atoms with Gasteiger partial charge < -0.3 is 10.6 Å². The second-order valence-electron chi connectivity index (χ2n) is 6.10. The molecule has 0 saturated carbocycles. The maximum absolute atomic E-state index is 13.7. The molecule has 1 fully saturated rings. The van der Waals surface area contributed by atoms with E-state index in [9.17, 15) is 18.0 Å². The minimum absolute atomic E-state index is 0.00357. The van der Waals surface area contributed by atoms with Crippen molar-refractivity contribution in [3.05, 3.63) is 40.8 Å². The number of nitrogens with zero attached hydrogens (tertiary/aromatic N) is 4. The van der Waals surface area contributed by atoms with E-state index in [1.54, 1.807) is 0 Å². The standard InChI is InChI=1S/C16H17ClF3N5O/c17-12-2-1-5-22-14(12)25-13(16(18,19)20)11(9-23-25)15(26)24-6-3-10(8-21)4-7-24/h1-2,5,9-10H,3-4,6-8,21H2. The zero-order valence-corrected chi connectivity index (χ0v) is 14.5. The summed E-state index contributed by atoms with van der Waals surface area (Å²) in [5.41, 5.74) is 3.93. The van der Waals surface area contributed by atoms with Gasteiger partial charge >= 0.3 is 6.18 Å². The van der Waals surface area contributed by atoms with Gasteiger partial charge in [-0.2, -0.15) is 18.3 Å². The van der Waals surface area contributed by atoms with E-state index in [4.69, 9.17) is 17.3 Å². The minimum atomic E-state index is -4.79. The molecule has 1 saturated heterocycles. The Hall–Kier alpha value is -2.13. The van der Waals surface area contributed by atoms with Gasteiger partial charge in [0.15, 0.2) is 11.5 Å². The number of pyridine rings is 1. The summed E-state index contributed by atoms with van der Waals surface area (Å²) in [7, 11) is 0. The van der Waals surface area contributed by atoms with Crippen LogP contribution in [-0.2, 0) is 6.18 Å². The summed E-state index contributed by atoms with van der Waals surface area (Å²) in [6.07, 6.45) is -1.22. The van der Waals surface area contributed by atoms with Crippen LogP contribution < -0.4 is 5.73 Å². The van der Waals surface area contributed by atoms with Crippen LogP contribution in [0.1, 0.15) is 28.9 Å². The van der Waals surface area contributed by atoms with Crippen LogP contribution in [0.5, 0.6) is 0 Å². The first-order valence-electron chi connectivity index (χ1n) is 8.08. The SMILES string of the molecule is NCC1CCN(C(=O)c2cnn(-c3ncccc3Cl)c2C(F)(F)F)CC1. The molecule has 0 aromatic carbocycles. The Bertz CT molecular complexity index is 799. The van der Waals surface area contributed by atoms with Crippen LogP contribution in [0.3, 0.4) is 0 Å². The molecule has 1 aliphatic heterocycles. The van der Waals surface area contributed by atoms with Gasteiger partial charge in [-0.15, -0.1) is 0 Å². The van der Waals surface area contributed by atoms with Gasteiger partial charge in [-0.3, -0.25) is 4.79 Å². The van der Waals surface area contributed by atoms with Gasteiger partial charge in [0.1, 0.15) is 0 Å². The Morgan fingerprint density at radius 3 is 2.62 bits per heavy atom. The fourth-order valence-corrected chi connectivity index (χ4v) is 3.22. The lowest BCUT2D eigenvalue weighted by atomic mass is 9.96. The highest BCUT2D eigenvalue weighted by molar-refractivity contribution is 6.32. The molecule has 6 nitrogen and oxygen atoms in total. The van der Waals surface area contributed by atoms with Gasteiger partial charge in [0.2, 0.25) is 0 Å². The second-order valence-corrected chi connectivity index (χ2v) is 6.50. The van der Waals surface area contributed by atoms with Crippen molar-refractivity contribution < 1.29 is 18.0 Å². The van der Waals surface area contributed by atoms with Gasteiger partial charge in [0.25, 0.3) is 5.91 Å². The topological polar surface area (TPSA) is 77.0 Å². The summed E-state index contributed by atoms with van der Waals surface area (Å²) in [4.78, 5) is 17.9. The third-order valence-corrected chi connectivity index (χ3v) is 4.74. The van der Waals surface area contributed by atoms with Crippen molar-refractivity contribution in [1.82, 2.24) is 19.7 Å². The van der Waals surface area contributed by atoms with Gasteiger partial charge in [-0.25, -0.2) is 9.67 Å². The van der Waals surface area contributed by atoms with Crippen LogP contribution in [-0.4, -0.2) is 45.2 Å². The van der Waals surface area contributed by atoms with Gasteiger partial charge in [-0.05, 0) is 37.4 Å². The Balaban J connectivity index is 1.98. The molecule has 3 rings (SSSR count). The number of carbonyl (C=O) groups excluding carboxylic acids is 1. The summed E-state index contributed by atoms with van der Waals surface area (Å²) in [6.45, 7) is 1.24. The largest absolute Gasteiger partial charge is 0.434 e. The summed E-state index contributed by atoms with van der Waals surface area (Å²) in [5, 5.41) is 3.75. The number of nitrogens with two attached hydrogens (primary N) is 1. The molecule has 10 heteroatoms. The molecule has 1 aliphatic rings. The van der Waals surface area contributed by atoms with Crippen molar-refractivity contribution >= 4 is 17.5 Å². The van der Waals surface area contributed by atoms with Crippen molar-refractivity contribution in [2.45, 2.75) is 19.0 Å². The Kier molecular flexibility index (Phi) is 5.19. The second kappa shape index (κ2) is 7.24. The quantitative estimate of drug-likeness (QED) is 0.878. The molecule has 1 amide bonds. The van der Waals surface area contributed by atoms with E-state index in [0.29, 0.717) is 37.2 Å². The van der Waals surface area contributed by atoms with E-state index in [1.807, 2.05) is 0 Å². The molecule has 2 aromatic rings. The molecule has 0 unspecified atom stereocenters. The van der Waals surface area contributed by atoms with E-state index < -0.39 is 23.3 Å². The van der Waals surface area contributed by atoms with E-state index in [-0.39, 0.29) is 16.8 Å². The number of aromatic nitrogens is 3. The Labute approximate surface area is 152 Å². The lowest BCUT2D eigenvalue weighted by molar-refractivity contribution is -0.143.